The van der Waals surface area contributed by atoms with Crippen LogP contribution in [-0.4, -0.2) is 19.9 Å². The zero-order chi connectivity index (χ0) is 12.7. The summed E-state index contributed by atoms with van der Waals surface area (Å²) < 4.78 is 7.18. The smallest absolute Gasteiger partial charge is 0.191 e. The van der Waals surface area contributed by atoms with Crippen molar-refractivity contribution in [1.82, 2.24) is 14.8 Å². The van der Waals surface area contributed by atoms with Crippen molar-refractivity contribution in [3.8, 4) is 0 Å². The molecule has 0 aliphatic heterocycles. The minimum atomic E-state index is -0.851. The van der Waals surface area contributed by atoms with Crippen LogP contribution in [0, 0.1) is 27.7 Å². The van der Waals surface area contributed by atoms with E-state index < -0.39 is 6.10 Å². The monoisotopic (exact) mass is 235 g/mol. The molecule has 2 heterocycles. The van der Waals surface area contributed by atoms with Crippen molar-refractivity contribution >= 4 is 0 Å². The Hall–Kier alpha value is -1.62. The van der Waals surface area contributed by atoms with Gasteiger partial charge in [-0.2, -0.15) is 5.10 Å². The molecule has 0 aliphatic rings. The van der Waals surface area contributed by atoms with Gasteiger partial charge in [0.25, 0.3) is 0 Å². The Kier molecular flexibility index (Phi) is 2.79. The molecule has 0 fully saturated rings. The van der Waals surface area contributed by atoms with Gasteiger partial charge in [-0.3, -0.25) is 4.68 Å². The van der Waals surface area contributed by atoms with Crippen molar-refractivity contribution in [2.45, 2.75) is 33.8 Å². The fourth-order valence-electron chi connectivity index (χ4n) is 1.92. The molecular weight excluding hydrogens is 218 g/mol. The normalized spacial score (nSPS) is 13.1. The highest BCUT2D eigenvalue weighted by Crippen LogP contribution is 2.27. The van der Waals surface area contributed by atoms with Gasteiger partial charge in [-0.1, -0.05) is 0 Å². The van der Waals surface area contributed by atoms with Crippen LogP contribution in [0.4, 0.5) is 0 Å². The van der Waals surface area contributed by atoms with E-state index >= 15 is 0 Å². The third-order valence-electron chi connectivity index (χ3n) is 3.12. The molecule has 0 saturated heterocycles. The number of aromatic nitrogens is 3. The predicted molar refractivity (Wildman–Crippen MR) is 62.7 cm³/mol. The molecule has 0 bridgehead atoms. The lowest BCUT2D eigenvalue weighted by atomic mass is 10.1. The first-order valence-electron chi connectivity index (χ1n) is 5.54. The maximum atomic E-state index is 10.3. The Morgan fingerprint density at radius 3 is 2.29 bits per heavy atom. The molecule has 17 heavy (non-hydrogen) atoms. The summed E-state index contributed by atoms with van der Waals surface area (Å²) in [6.07, 6.45) is -0.851. The van der Waals surface area contributed by atoms with Crippen molar-refractivity contribution in [3.05, 3.63) is 34.3 Å². The molecule has 1 atom stereocenters. The molecule has 1 unspecified atom stereocenters. The SMILES string of the molecule is Cc1nc(C)c(C(O)c2nn(C)c(C)c2C)o1. The Bertz CT molecular complexity index is 554. The topological polar surface area (TPSA) is 64.1 Å². The molecule has 0 spiro atoms. The summed E-state index contributed by atoms with van der Waals surface area (Å²) in [7, 11) is 1.86. The second kappa shape index (κ2) is 4.00. The molecular formula is C12H17N3O2. The largest absolute Gasteiger partial charge is 0.443 e. The van der Waals surface area contributed by atoms with Crippen LogP contribution in [0.1, 0.15) is 40.4 Å². The van der Waals surface area contributed by atoms with E-state index in [0.717, 1.165) is 11.3 Å². The van der Waals surface area contributed by atoms with Gasteiger partial charge in [0.2, 0.25) is 0 Å². The minimum absolute atomic E-state index is 0.476. The lowest BCUT2D eigenvalue weighted by molar-refractivity contribution is 0.180. The Balaban J connectivity index is 2.47. The molecule has 0 aliphatic carbocycles. The minimum Gasteiger partial charge on any atom is -0.443 e. The van der Waals surface area contributed by atoms with Gasteiger partial charge in [0, 0.05) is 19.7 Å². The number of hydrogen-bond donors (Lipinski definition) is 1. The van der Waals surface area contributed by atoms with Gasteiger partial charge in [-0.15, -0.1) is 0 Å². The molecule has 92 valence electrons. The van der Waals surface area contributed by atoms with Crippen molar-refractivity contribution in [1.29, 1.82) is 0 Å². The fourth-order valence-corrected chi connectivity index (χ4v) is 1.92. The zero-order valence-electron chi connectivity index (χ0n) is 10.8. The van der Waals surface area contributed by atoms with Crippen LogP contribution < -0.4 is 0 Å². The van der Waals surface area contributed by atoms with E-state index in [0.29, 0.717) is 23.0 Å². The van der Waals surface area contributed by atoms with Crippen LogP contribution >= 0.6 is 0 Å². The highest BCUT2D eigenvalue weighted by atomic mass is 16.4. The first-order chi connectivity index (χ1) is 7.91. The average molecular weight is 235 g/mol. The van der Waals surface area contributed by atoms with Crippen molar-refractivity contribution in [2.75, 3.05) is 0 Å². The second-order valence-corrected chi connectivity index (χ2v) is 4.30. The van der Waals surface area contributed by atoms with Gasteiger partial charge >= 0.3 is 0 Å². The van der Waals surface area contributed by atoms with Crippen LogP contribution in [0.15, 0.2) is 4.42 Å². The number of hydrogen-bond acceptors (Lipinski definition) is 4. The van der Waals surface area contributed by atoms with Crippen LogP contribution in [0.2, 0.25) is 0 Å². The number of nitrogens with zero attached hydrogens (tertiary/aromatic N) is 3. The fraction of sp³-hybridized carbons (Fsp3) is 0.500. The van der Waals surface area contributed by atoms with Crippen molar-refractivity contribution < 1.29 is 9.52 Å². The third-order valence-corrected chi connectivity index (χ3v) is 3.12. The highest BCUT2D eigenvalue weighted by molar-refractivity contribution is 5.30. The molecule has 2 aromatic heterocycles. The van der Waals surface area contributed by atoms with Crippen LogP contribution in [0.25, 0.3) is 0 Å². The van der Waals surface area contributed by atoms with Gasteiger partial charge in [0.1, 0.15) is 5.69 Å². The molecule has 2 aromatic rings. The Morgan fingerprint density at radius 2 is 1.88 bits per heavy atom. The van der Waals surface area contributed by atoms with Gasteiger partial charge < -0.3 is 9.52 Å². The lowest BCUT2D eigenvalue weighted by Crippen LogP contribution is -2.03. The van der Waals surface area contributed by atoms with E-state index in [2.05, 4.69) is 10.1 Å². The summed E-state index contributed by atoms with van der Waals surface area (Å²) in [4.78, 5) is 4.16. The quantitative estimate of drug-likeness (QED) is 0.860. The average Bonchev–Trinajstić information content (AvgIpc) is 2.72. The van der Waals surface area contributed by atoms with E-state index in [1.165, 1.54) is 0 Å². The van der Waals surface area contributed by atoms with Crippen LogP contribution in [0.5, 0.6) is 0 Å². The molecule has 0 radical (unpaired) electrons. The molecule has 0 aromatic carbocycles. The zero-order valence-corrected chi connectivity index (χ0v) is 10.8. The molecule has 5 nitrogen and oxygen atoms in total. The van der Waals surface area contributed by atoms with Gasteiger partial charge in [0.15, 0.2) is 17.8 Å². The standard InChI is InChI=1S/C12H17N3O2/c1-6-8(3)15(5)14-10(6)11(16)12-7(2)13-9(4)17-12/h11,16H,1-5H3. The Morgan fingerprint density at radius 1 is 1.24 bits per heavy atom. The molecule has 2 rings (SSSR count). The summed E-state index contributed by atoms with van der Waals surface area (Å²) in [5, 5.41) is 14.6. The van der Waals surface area contributed by atoms with Gasteiger partial charge in [-0.05, 0) is 26.3 Å². The predicted octanol–water partition coefficient (Wildman–Crippen LogP) is 1.72. The number of aliphatic hydroxyl groups excluding tert-OH is 1. The maximum Gasteiger partial charge on any atom is 0.191 e. The molecule has 0 amide bonds. The number of oxazole rings is 1. The summed E-state index contributed by atoms with van der Waals surface area (Å²) in [6, 6.07) is 0. The van der Waals surface area contributed by atoms with Gasteiger partial charge in [-0.25, -0.2) is 4.98 Å². The lowest BCUT2D eigenvalue weighted by Gasteiger charge is -2.06. The van der Waals surface area contributed by atoms with Crippen molar-refractivity contribution in [3.63, 3.8) is 0 Å². The van der Waals surface area contributed by atoms with Crippen LogP contribution in [-0.2, 0) is 7.05 Å². The van der Waals surface area contributed by atoms with Crippen molar-refractivity contribution in [2.24, 2.45) is 7.05 Å². The summed E-state index contributed by atoms with van der Waals surface area (Å²) in [5.41, 5.74) is 3.35. The van der Waals surface area contributed by atoms with Crippen LogP contribution in [0.3, 0.4) is 0 Å². The first kappa shape index (κ1) is 11.9. The summed E-state index contributed by atoms with van der Waals surface area (Å²) in [5.74, 6) is 1.03. The van der Waals surface area contributed by atoms with E-state index in [4.69, 9.17) is 4.42 Å². The summed E-state index contributed by atoms with van der Waals surface area (Å²) in [6.45, 7) is 7.50. The first-order valence-corrected chi connectivity index (χ1v) is 5.54. The highest BCUT2D eigenvalue weighted by Gasteiger charge is 2.24. The number of rotatable bonds is 2. The van der Waals surface area contributed by atoms with E-state index in [9.17, 15) is 5.11 Å². The molecule has 1 N–H and O–H groups in total. The summed E-state index contributed by atoms with van der Waals surface area (Å²) >= 11 is 0. The molecule has 0 saturated carbocycles. The second-order valence-electron chi connectivity index (χ2n) is 4.30. The Labute approximate surface area is 100 Å². The van der Waals surface area contributed by atoms with E-state index in [1.807, 2.05) is 27.8 Å². The van der Waals surface area contributed by atoms with E-state index in [1.54, 1.807) is 11.6 Å². The number of aryl methyl sites for hydroxylation is 3. The van der Waals surface area contributed by atoms with Gasteiger partial charge in [0.05, 0.1) is 5.69 Å². The van der Waals surface area contributed by atoms with E-state index in [-0.39, 0.29) is 0 Å². The number of aliphatic hydroxyl groups is 1. The molecule has 5 heteroatoms. The maximum absolute atomic E-state index is 10.3. The third kappa shape index (κ3) is 1.86.